The summed E-state index contributed by atoms with van der Waals surface area (Å²) >= 11 is 0. The molecule has 0 aliphatic heterocycles. The summed E-state index contributed by atoms with van der Waals surface area (Å²) in [5.41, 5.74) is 0. The topological polar surface area (TPSA) is 78.9 Å². The van der Waals surface area contributed by atoms with Gasteiger partial charge in [-0.05, 0) is 96.3 Å². The summed E-state index contributed by atoms with van der Waals surface area (Å²) in [6, 6.07) is 0. The van der Waals surface area contributed by atoms with E-state index in [4.69, 9.17) is 14.2 Å². The lowest BCUT2D eigenvalue weighted by Gasteiger charge is -2.18. The highest BCUT2D eigenvalue weighted by Crippen LogP contribution is 2.16. The summed E-state index contributed by atoms with van der Waals surface area (Å²) in [4.78, 5) is 38.2. The van der Waals surface area contributed by atoms with Crippen molar-refractivity contribution in [3.8, 4) is 0 Å². The van der Waals surface area contributed by atoms with Crippen LogP contribution in [0.3, 0.4) is 0 Å². The largest absolute Gasteiger partial charge is 0.462 e. The summed E-state index contributed by atoms with van der Waals surface area (Å²) in [5, 5.41) is 0. The minimum Gasteiger partial charge on any atom is -0.462 e. The predicted octanol–water partition coefficient (Wildman–Crippen LogP) is 20.4. The number of carbonyl (C=O) groups excluding carboxylic acids is 3. The first-order chi connectivity index (χ1) is 34.0. The second-order valence-electron chi connectivity index (χ2n) is 20.6. The first-order valence-electron chi connectivity index (χ1n) is 30.5. The number of ether oxygens (including phenoxy) is 3. The fourth-order valence-electron chi connectivity index (χ4n) is 8.96. The maximum absolute atomic E-state index is 12.9. The predicted molar refractivity (Wildman–Crippen MR) is 298 cm³/mol. The molecule has 0 saturated carbocycles. The zero-order valence-corrected chi connectivity index (χ0v) is 46.3. The Morgan fingerprint density at radius 2 is 0.478 bits per heavy atom. The van der Waals surface area contributed by atoms with E-state index >= 15 is 0 Å². The van der Waals surface area contributed by atoms with Crippen LogP contribution in [-0.4, -0.2) is 37.2 Å². The van der Waals surface area contributed by atoms with Gasteiger partial charge in [-0.15, -0.1) is 0 Å². The molecule has 0 spiro atoms. The van der Waals surface area contributed by atoms with E-state index in [0.717, 1.165) is 70.6 Å². The highest BCUT2D eigenvalue weighted by Gasteiger charge is 2.19. The maximum Gasteiger partial charge on any atom is 0.306 e. The van der Waals surface area contributed by atoms with Gasteiger partial charge in [0.25, 0.3) is 0 Å². The van der Waals surface area contributed by atoms with Crippen LogP contribution in [0.2, 0.25) is 0 Å². The second kappa shape index (κ2) is 58.2. The average Bonchev–Trinajstić information content (AvgIpc) is 3.35. The Morgan fingerprint density at radius 3 is 0.739 bits per heavy atom. The maximum atomic E-state index is 12.9. The van der Waals surface area contributed by atoms with Crippen LogP contribution in [-0.2, 0) is 28.6 Å². The van der Waals surface area contributed by atoms with E-state index in [0.29, 0.717) is 19.3 Å². The molecule has 0 aromatic carbocycles. The molecule has 0 aromatic heterocycles. The SMILES string of the molecule is CCCCCC/C=C\CCCCCCCCCC(=O)OCC(COC(=O)CCCCCCC/C=C\CCCCCCCCCCC)OC(=O)CCCCCCC/C=C\CCCCCCCCCCC. The van der Waals surface area contributed by atoms with E-state index in [2.05, 4.69) is 57.2 Å². The Kier molecular flexibility index (Phi) is 56.2. The molecule has 0 rings (SSSR count). The third-order valence-corrected chi connectivity index (χ3v) is 13.6. The minimum atomic E-state index is -0.781. The molecule has 0 aliphatic rings. The van der Waals surface area contributed by atoms with Crippen LogP contribution in [0.4, 0.5) is 0 Å². The fourth-order valence-corrected chi connectivity index (χ4v) is 8.96. The van der Waals surface area contributed by atoms with Crippen molar-refractivity contribution in [1.29, 1.82) is 0 Å². The number of carbonyl (C=O) groups is 3. The smallest absolute Gasteiger partial charge is 0.306 e. The normalized spacial score (nSPS) is 12.2. The molecular formula is C63H116O6. The number of unbranched alkanes of at least 4 members (excludes halogenated alkanes) is 39. The summed E-state index contributed by atoms with van der Waals surface area (Å²) < 4.78 is 16.9. The lowest BCUT2D eigenvalue weighted by Crippen LogP contribution is -2.30. The van der Waals surface area contributed by atoms with Crippen LogP contribution in [0, 0.1) is 0 Å². The van der Waals surface area contributed by atoms with E-state index in [1.54, 1.807) is 0 Å². The molecule has 404 valence electrons. The van der Waals surface area contributed by atoms with Gasteiger partial charge in [0.2, 0.25) is 0 Å². The fraction of sp³-hybridized carbons (Fsp3) is 0.857. The van der Waals surface area contributed by atoms with E-state index in [1.165, 1.54) is 218 Å². The Morgan fingerprint density at radius 1 is 0.275 bits per heavy atom. The number of esters is 3. The lowest BCUT2D eigenvalue weighted by atomic mass is 10.1. The molecule has 0 saturated heterocycles. The van der Waals surface area contributed by atoms with E-state index in [9.17, 15) is 14.4 Å². The quantitative estimate of drug-likeness (QED) is 0.0261. The van der Waals surface area contributed by atoms with Crippen LogP contribution in [0.5, 0.6) is 0 Å². The van der Waals surface area contributed by atoms with Gasteiger partial charge in [-0.2, -0.15) is 0 Å². The Labute approximate surface area is 429 Å². The first-order valence-corrected chi connectivity index (χ1v) is 30.5. The van der Waals surface area contributed by atoms with Crippen LogP contribution in [0.1, 0.15) is 329 Å². The molecule has 0 heterocycles. The lowest BCUT2D eigenvalue weighted by molar-refractivity contribution is -0.167. The van der Waals surface area contributed by atoms with Gasteiger partial charge in [0.1, 0.15) is 13.2 Å². The summed E-state index contributed by atoms with van der Waals surface area (Å²) in [6.07, 6.45) is 69.9. The van der Waals surface area contributed by atoms with Crippen molar-refractivity contribution in [2.45, 2.75) is 335 Å². The zero-order chi connectivity index (χ0) is 50.0. The average molecular weight is 970 g/mol. The van der Waals surface area contributed by atoms with Gasteiger partial charge in [0, 0.05) is 19.3 Å². The number of hydrogen-bond acceptors (Lipinski definition) is 6. The molecule has 6 nitrogen and oxygen atoms in total. The third kappa shape index (κ3) is 56.4. The van der Waals surface area contributed by atoms with Gasteiger partial charge in [0.05, 0.1) is 0 Å². The first kappa shape index (κ1) is 66.6. The van der Waals surface area contributed by atoms with Gasteiger partial charge in [0.15, 0.2) is 6.10 Å². The minimum absolute atomic E-state index is 0.0781. The van der Waals surface area contributed by atoms with Gasteiger partial charge in [-0.25, -0.2) is 0 Å². The Hall–Kier alpha value is -2.37. The second-order valence-corrected chi connectivity index (χ2v) is 20.6. The highest BCUT2D eigenvalue weighted by molar-refractivity contribution is 5.71. The van der Waals surface area contributed by atoms with Gasteiger partial charge in [-0.3, -0.25) is 14.4 Å². The van der Waals surface area contributed by atoms with Crippen LogP contribution in [0.25, 0.3) is 0 Å². The third-order valence-electron chi connectivity index (χ3n) is 13.6. The van der Waals surface area contributed by atoms with Crippen molar-refractivity contribution < 1.29 is 28.6 Å². The molecule has 0 aromatic rings. The van der Waals surface area contributed by atoms with Gasteiger partial charge >= 0.3 is 17.9 Å². The molecule has 0 N–H and O–H groups in total. The number of rotatable bonds is 56. The van der Waals surface area contributed by atoms with Crippen LogP contribution >= 0.6 is 0 Å². The van der Waals surface area contributed by atoms with Crippen molar-refractivity contribution in [2.75, 3.05) is 13.2 Å². The summed E-state index contributed by atoms with van der Waals surface area (Å²) in [6.45, 7) is 6.66. The molecular weight excluding hydrogens is 853 g/mol. The van der Waals surface area contributed by atoms with Gasteiger partial charge < -0.3 is 14.2 Å². The molecule has 0 radical (unpaired) electrons. The number of hydrogen-bond donors (Lipinski definition) is 0. The monoisotopic (exact) mass is 969 g/mol. The summed E-state index contributed by atoms with van der Waals surface area (Å²) in [5.74, 6) is -0.880. The molecule has 1 unspecified atom stereocenters. The van der Waals surface area contributed by atoms with E-state index < -0.39 is 6.10 Å². The van der Waals surface area contributed by atoms with Crippen LogP contribution in [0.15, 0.2) is 36.5 Å². The Bertz CT molecular complexity index is 1160. The molecule has 6 heteroatoms. The molecule has 69 heavy (non-hydrogen) atoms. The van der Waals surface area contributed by atoms with Crippen molar-refractivity contribution >= 4 is 17.9 Å². The molecule has 0 aliphatic carbocycles. The number of allylic oxidation sites excluding steroid dienone is 6. The van der Waals surface area contributed by atoms with E-state index in [1.807, 2.05) is 0 Å². The van der Waals surface area contributed by atoms with Crippen LogP contribution < -0.4 is 0 Å². The zero-order valence-electron chi connectivity index (χ0n) is 46.3. The highest BCUT2D eigenvalue weighted by atomic mass is 16.6. The van der Waals surface area contributed by atoms with Gasteiger partial charge in [-0.1, -0.05) is 250 Å². The summed E-state index contributed by atoms with van der Waals surface area (Å²) in [7, 11) is 0. The standard InChI is InChI=1S/C63H116O6/c1-4-7-10-13-16-19-22-25-28-30-32-35-38-41-44-47-50-53-56-62(65)68-59-60(58-67-61(64)55-52-49-46-43-40-37-34-27-24-21-18-15-12-9-6-3)69-63(66)57-54-51-48-45-42-39-36-33-31-29-26-23-20-17-14-11-8-5-2/h21,24,32-33,35-36,60H,4-20,22-23,25-31,34,37-59H2,1-3H3/b24-21-,35-32-,36-33-. The van der Waals surface area contributed by atoms with Crippen molar-refractivity contribution in [2.24, 2.45) is 0 Å². The van der Waals surface area contributed by atoms with Crippen molar-refractivity contribution in [3.05, 3.63) is 36.5 Å². The van der Waals surface area contributed by atoms with Crippen molar-refractivity contribution in [3.63, 3.8) is 0 Å². The molecule has 0 amide bonds. The van der Waals surface area contributed by atoms with E-state index in [-0.39, 0.29) is 31.1 Å². The molecule has 0 fully saturated rings. The molecule has 0 bridgehead atoms. The Balaban J connectivity index is 4.37. The molecule has 1 atom stereocenters. The van der Waals surface area contributed by atoms with Crippen molar-refractivity contribution in [1.82, 2.24) is 0 Å².